The van der Waals surface area contributed by atoms with Gasteiger partial charge in [0.15, 0.2) is 0 Å². The molecule has 0 aromatic carbocycles. The molecule has 0 bridgehead atoms. The lowest BCUT2D eigenvalue weighted by Crippen LogP contribution is -2.53. The third kappa shape index (κ3) is 11.7. The molecule has 11 atom stereocenters. The minimum atomic E-state index is -0.922. The average Bonchev–Trinajstić information content (AvgIpc) is 3.83. The molecule has 1 aromatic heterocycles. The van der Waals surface area contributed by atoms with Gasteiger partial charge in [-0.25, -0.2) is 4.98 Å². The van der Waals surface area contributed by atoms with E-state index >= 15 is 0 Å². The average molecular weight is 719 g/mol. The lowest BCUT2D eigenvalue weighted by Gasteiger charge is -2.39. The first-order valence-electron chi connectivity index (χ1n) is 16.9. The van der Waals surface area contributed by atoms with E-state index in [4.69, 9.17) is 18.9 Å². The van der Waals surface area contributed by atoms with E-state index in [-0.39, 0.29) is 35.3 Å². The van der Waals surface area contributed by atoms with Gasteiger partial charge in [0.2, 0.25) is 5.91 Å². The Balaban J connectivity index is 1.30. The second-order valence-corrected chi connectivity index (χ2v) is 16.1. The van der Waals surface area contributed by atoms with Crippen molar-refractivity contribution in [1.29, 1.82) is 0 Å². The fraction of sp³-hybridized carbons (Fsp3) is 0.611. The number of rotatable bonds is 15. The number of hydrogen-bond donors (Lipinski definition) is 3. The molecule has 4 rings (SSSR count). The van der Waals surface area contributed by atoms with Crippen molar-refractivity contribution in [3.8, 4) is 0 Å². The molecule has 3 saturated heterocycles. The second kappa shape index (κ2) is 18.0. The van der Waals surface area contributed by atoms with Crippen LogP contribution in [-0.4, -0.2) is 93.2 Å². The number of epoxide rings is 1. The number of aromatic nitrogens is 1. The number of pyridine rings is 1. The molecule has 1 unspecified atom stereocenters. The number of ether oxygens (including phenoxy) is 4. The monoisotopic (exact) mass is 718 g/mol. The summed E-state index contributed by atoms with van der Waals surface area (Å²) >= 11 is 0. The normalized spacial score (nSPS) is 32.1. The predicted octanol–water partition coefficient (Wildman–Crippen LogP) is 5.29. The topological polar surface area (TPSA) is 157 Å². The number of nitrogens with one attached hydrogen (secondary N) is 1. The third-order valence-electron chi connectivity index (χ3n) is 9.17. The van der Waals surface area contributed by atoms with Gasteiger partial charge in [0.25, 0.3) is 0 Å². The molecule has 49 heavy (non-hydrogen) atoms. The van der Waals surface area contributed by atoms with Crippen molar-refractivity contribution in [2.45, 2.75) is 126 Å². The fourth-order valence-corrected chi connectivity index (χ4v) is 8.38. The molecule has 1 spiro atoms. The quantitative estimate of drug-likeness (QED) is 0.0710. The number of aliphatic carboxylic acids is 1. The number of aliphatic hydroxyl groups excluding tert-OH is 1. The number of carboxylic acids is 1. The SMILES string of the molecule is CC(=O)O[C@@H](C)/C=C\C(=O)N[C@@H]1C[C@H](C)[C@H](C/C=C(C)/C=C/[C@H]2O[C@H]([C@@H](CC(C)SSc3ccccn3)C(=O)O)C[C@@]3(CO3)[C@@H]2O)O[C@@H]1C. The molecule has 0 aliphatic carbocycles. The van der Waals surface area contributed by atoms with Gasteiger partial charge in [0.1, 0.15) is 28.9 Å². The van der Waals surface area contributed by atoms with Crippen LogP contribution >= 0.6 is 21.6 Å². The van der Waals surface area contributed by atoms with E-state index in [1.807, 2.05) is 45.0 Å². The van der Waals surface area contributed by atoms with Gasteiger partial charge in [-0.3, -0.25) is 14.4 Å². The number of carbonyl (C=O) groups is 3. The minimum Gasteiger partial charge on any atom is -0.481 e. The summed E-state index contributed by atoms with van der Waals surface area (Å²) in [7, 11) is 3.11. The standard InChI is InChI=1S/C36H50N2O9S2/c1-21(10-13-29-22(2)17-28(25(5)46-29)38-32(40)15-12-23(3)45-26(6)39)11-14-30-34(41)36(20-44-36)19-31(47-30)27(35(42)43)18-24(4)48-49-33-9-7-8-16-37-33/h7-12,14-16,22-25,27-31,34,41H,13,17-20H2,1-6H3,(H,38,40)(H,42,43)/b14-11+,15-12-,21-10+/t22-,23-,24?,25+,27+,28+,29-,30+,31-,34+,36+/m0/s1. The van der Waals surface area contributed by atoms with Gasteiger partial charge in [-0.05, 0) is 75.0 Å². The number of amides is 1. The van der Waals surface area contributed by atoms with E-state index in [0.717, 1.165) is 17.0 Å². The smallest absolute Gasteiger partial charge is 0.309 e. The number of aliphatic hydroxyl groups is 1. The summed E-state index contributed by atoms with van der Waals surface area (Å²) in [5.41, 5.74) is 0.174. The Kier molecular flexibility index (Phi) is 14.4. The van der Waals surface area contributed by atoms with Gasteiger partial charge < -0.3 is 34.5 Å². The van der Waals surface area contributed by atoms with E-state index in [1.165, 1.54) is 23.8 Å². The maximum Gasteiger partial charge on any atom is 0.309 e. The van der Waals surface area contributed by atoms with Crippen LogP contribution in [0, 0.1) is 11.8 Å². The van der Waals surface area contributed by atoms with Crippen molar-refractivity contribution >= 4 is 39.4 Å². The second-order valence-electron chi connectivity index (χ2n) is 13.4. The van der Waals surface area contributed by atoms with Crippen LogP contribution in [0.25, 0.3) is 0 Å². The Morgan fingerprint density at radius 2 is 1.94 bits per heavy atom. The van der Waals surface area contributed by atoms with E-state index < -0.39 is 47.9 Å². The van der Waals surface area contributed by atoms with Crippen LogP contribution < -0.4 is 5.32 Å². The lowest BCUT2D eigenvalue weighted by molar-refractivity contribution is -0.170. The van der Waals surface area contributed by atoms with E-state index in [2.05, 4.69) is 23.3 Å². The molecule has 270 valence electrons. The first-order valence-corrected chi connectivity index (χ1v) is 19.1. The molecule has 3 fully saturated rings. The van der Waals surface area contributed by atoms with Crippen molar-refractivity contribution in [3.05, 3.63) is 60.3 Å². The summed E-state index contributed by atoms with van der Waals surface area (Å²) in [5.74, 6) is -2.16. The summed E-state index contributed by atoms with van der Waals surface area (Å²) < 4.78 is 23.3. The Labute approximate surface area is 297 Å². The lowest BCUT2D eigenvalue weighted by atomic mass is 9.82. The molecule has 3 aliphatic heterocycles. The van der Waals surface area contributed by atoms with Gasteiger partial charge in [0, 0.05) is 30.9 Å². The van der Waals surface area contributed by atoms with Crippen molar-refractivity contribution in [2.24, 2.45) is 11.8 Å². The summed E-state index contributed by atoms with van der Waals surface area (Å²) in [6.45, 7) is 11.4. The van der Waals surface area contributed by atoms with Gasteiger partial charge in [-0.1, -0.05) is 54.5 Å². The number of carboxylic acid groups (broad SMARTS) is 1. The zero-order valence-corrected chi connectivity index (χ0v) is 30.7. The van der Waals surface area contributed by atoms with Crippen LogP contribution in [0.1, 0.15) is 67.2 Å². The Morgan fingerprint density at radius 3 is 2.59 bits per heavy atom. The van der Waals surface area contributed by atoms with Crippen LogP contribution in [-0.2, 0) is 33.3 Å². The molecule has 11 nitrogen and oxygen atoms in total. The van der Waals surface area contributed by atoms with Crippen molar-refractivity contribution in [3.63, 3.8) is 0 Å². The molecule has 3 N–H and O–H groups in total. The number of hydrogen-bond acceptors (Lipinski definition) is 11. The van der Waals surface area contributed by atoms with Gasteiger partial charge >= 0.3 is 11.9 Å². The van der Waals surface area contributed by atoms with Crippen molar-refractivity contribution < 1.29 is 43.5 Å². The van der Waals surface area contributed by atoms with Crippen LogP contribution in [0.15, 0.2) is 65.4 Å². The molecular weight excluding hydrogens is 669 g/mol. The van der Waals surface area contributed by atoms with E-state index in [0.29, 0.717) is 25.9 Å². The zero-order valence-electron chi connectivity index (χ0n) is 29.0. The Bertz CT molecular complexity index is 1370. The van der Waals surface area contributed by atoms with Crippen LogP contribution in [0.4, 0.5) is 0 Å². The number of allylic oxidation sites excluding steroid dienone is 2. The summed E-state index contributed by atoms with van der Waals surface area (Å²) in [5, 5.41) is 25.2. The van der Waals surface area contributed by atoms with Gasteiger partial charge in [-0.2, -0.15) is 0 Å². The van der Waals surface area contributed by atoms with Gasteiger partial charge in [0.05, 0.1) is 36.9 Å². The molecular formula is C36H50N2O9S2. The highest BCUT2D eigenvalue weighted by Crippen LogP contribution is 2.46. The molecule has 0 saturated carbocycles. The van der Waals surface area contributed by atoms with Crippen molar-refractivity contribution in [1.82, 2.24) is 10.3 Å². The Morgan fingerprint density at radius 1 is 1.18 bits per heavy atom. The van der Waals surface area contributed by atoms with Crippen LogP contribution in [0.5, 0.6) is 0 Å². The first-order chi connectivity index (χ1) is 23.3. The molecule has 1 aromatic rings. The van der Waals surface area contributed by atoms with Crippen LogP contribution in [0.2, 0.25) is 0 Å². The third-order valence-corrected chi connectivity index (χ3v) is 12.0. The highest BCUT2D eigenvalue weighted by molar-refractivity contribution is 8.76. The molecule has 1 amide bonds. The molecule has 13 heteroatoms. The fourth-order valence-electron chi connectivity index (χ4n) is 6.27. The van der Waals surface area contributed by atoms with E-state index in [9.17, 15) is 24.6 Å². The number of nitrogens with zero attached hydrogens (tertiary/aromatic N) is 1. The number of carbonyl (C=O) groups excluding carboxylic acids is 2. The van der Waals surface area contributed by atoms with Crippen molar-refractivity contribution in [2.75, 3.05) is 6.61 Å². The Hall–Kier alpha value is -2.68. The molecule has 0 radical (unpaired) electrons. The minimum absolute atomic E-state index is 0.0248. The maximum absolute atomic E-state index is 12.5. The molecule has 3 aliphatic rings. The largest absolute Gasteiger partial charge is 0.481 e. The predicted molar refractivity (Wildman–Crippen MR) is 189 cm³/mol. The van der Waals surface area contributed by atoms with E-state index in [1.54, 1.807) is 36.1 Å². The number of esters is 1. The van der Waals surface area contributed by atoms with Crippen LogP contribution in [0.3, 0.4) is 0 Å². The first kappa shape index (κ1) is 39.1. The zero-order chi connectivity index (χ0) is 35.7. The summed E-state index contributed by atoms with van der Waals surface area (Å²) in [4.78, 5) is 40.3. The molecule has 4 heterocycles. The summed E-state index contributed by atoms with van der Waals surface area (Å²) in [6, 6.07) is 5.55. The van der Waals surface area contributed by atoms with Gasteiger partial charge in [-0.15, -0.1) is 0 Å². The highest BCUT2D eigenvalue weighted by Gasteiger charge is 2.59. The maximum atomic E-state index is 12.5. The summed E-state index contributed by atoms with van der Waals surface area (Å²) in [6.07, 6.45) is 9.65. The highest BCUT2D eigenvalue weighted by atomic mass is 33.1.